The van der Waals surface area contributed by atoms with Crippen LogP contribution in [0.2, 0.25) is 5.02 Å². The van der Waals surface area contributed by atoms with Crippen molar-refractivity contribution >= 4 is 34.3 Å². The Labute approximate surface area is 161 Å². The van der Waals surface area contributed by atoms with Gasteiger partial charge in [0.2, 0.25) is 5.89 Å². The van der Waals surface area contributed by atoms with E-state index in [1.54, 1.807) is 24.3 Å². The van der Waals surface area contributed by atoms with E-state index in [-0.39, 0.29) is 5.91 Å². The van der Waals surface area contributed by atoms with Crippen molar-refractivity contribution in [2.75, 3.05) is 5.32 Å². The number of halogens is 1. The molecule has 5 heteroatoms. The van der Waals surface area contributed by atoms with E-state index < -0.39 is 0 Å². The summed E-state index contributed by atoms with van der Waals surface area (Å²) in [5.41, 5.74) is 5.91. The highest BCUT2D eigenvalue weighted by atomic mass is 35.5. The van der Waals surface area contributed by atoms with Crippen molar-refractivity contribution in [2.45, 2.75) is 13.8 Å². The van der Waals surface area contributed by atoms with E-state index >= 15 is 0 Å². The van der Waals surface area contributed by atoms with Crippen LogP contribution in [-0.4, -0.2) is 10.9 Å². The average Bonchev–Trinajstić information content (AvgIpc) is 3.05. The van der Waals surface area contributed by atoms with E-state index in [1.807, 2.05) is 43.3 Å². The third-order valence-corrected chi connectivity index (χ3v) is 4.84. The lowest BCUT2D eigenvalue weighted by Crippen LogP contribution is -2.12. The minimum atomic E-state index is -0.249. The molecule has 0 fully saturated rings. The van der Waals surface area contributed by atoms with Crippen molar-refractivity contribution in [1.29, 1.82) is 0 Å². The van der Waals surface area contributed by atoms with Crippen molar-refractivity contribution in [3.8, 4) is 11.5 Å². The minimum Gasteiger partial charge on any atom is -0.436 e. The molecule has 0 bridgehead atoms. The molecule has 4 aromatic rings. The van der Waals surface area contributed by atoms with Gasteiger partial charge in [-0.1, -0.05) is 23.7 Å². The predicted molar refractivity (Wildman–Crippen MR) is 108 cm³/mol. The van der Waals surface area contributed by atoms with Gasteiger partial charge in [-0.05, 0) is 73.5 Å². The third kappa shape index (κ3) is 3.44. The highest BCUT2D eigenvalue weighted by molar-refractivity contribution is 6.34. The number of anilines is 1. The van der Waals surface area contributed by atoms with Crippen LogP contribution in [0.15, 0.2) is 65.1 Å². The molecular formula is C22H17ClN2O2. The molecule has 3 aromatic carbocycles. The van der Waals surface area contributed by atoms with Crippen LogP contribution in [-0.2, 0) is 0 Å². The number of hydrogen-bond donors (Lipinski definition) is 1. The fourth-order valence-electron chi connectivity index (χ4n) is 2.84. The van der Waals surface area contributed by atoms with Gasteiger partial charge in [-0.2, -0.15) is 0 Å². The SMILES string of the molecule is Cc1cc2nc(-c3ccc(NC(=O)c4ccccc4Cl)cc3)oc2cc1C. The number of nitrogens with one attached hydrogen (secondary N) is 1. The number of benzene rings is 3. The number of rotatable bonds is 3. The van der Waals surface area contributed by atoms with E-state index in [4.69, 9.17) is 16.0 Å². The van der Waals surface area contributed by atoms with E-state index in [2.05, 4.69) is 17.2 Å². The summed E-state index contributed by atoms with van der Waals surface area (Å²) in [7, 11) is 0. The molecule has 4 rings (SSSR count). The third-order valence-electron chi connectivity index (χ3n) is 4.51. The molecule has 27 heavy (non-hydrogen) atoms. The molecule has 0 spiro atoms. The highest BCUT2D eigenvalue weighted by Gasteiger charge is 2.12. The summed E-state index contributed by atoms with van der Waals surface area (Å²) in [5, 5.41) is 3.26. The van der Waals surface area contributed by atoms with Gasteiger partial charge >= 0.3 is 0 Å². The fraction of sp³-hybridized carbons (Fsp3) is 0.0909. The standard InChI is InChI=1S/C22H17ClN2O2/c1-13-11-19-20(12-14(13)2)27-22(25-19)15-7-9-16(10-8-15)24-21(26)17-5-3-4-6-18(17)23/h3-12H,1-2H3,(H,24,26). The number of carbonyl (C=O) groups excluding carboxylic acids is 1. The monoisotopic (exact) mass is 376 g/mol. The summed E-state index contributed by atoms with van der Waals surface area (Å²) in [6.45, 7) is 4.10. The maximum atomic E-state index is 12.3. The van der Waals surface area contributed by atoms with Gasteiger partial charge in [-0.3, -0.25) is 4.79 Å². The lowest BCUT2D eigenvalue weighted by Gasteiger charge is -2.07. The smallest absolute Gasteiger partial charge is 0.257 e. The summed E-state index contributed by atoms with van der Waals surface area (Å²) in [6, 6.07) is 18.3. The molecule has 0 saturated heterocycles. The Hall–Kier alpha value is -3.11. The number of oxazole rings is 1. The van der Waals surface area contributed by atoms with Crippen molar-refractivity contribution in [3.05, 3.63) is 82.4 Å². The molecule has 0 aliphatic carbocycles. The number of aryl methyl sites for hydroxylation is 2. The molecule has 1 N–H and O–H groups in total. The molecule has 1 aromatic heterocycles. The van der Waals surface area contributed by atoms with Crippen LogP contribution in [0.25, 0.3) is 22.6 Å². The second kappa shape index (κ2) is 6.89. The molecule has 1 amide bonds. The van der Waals surface area contributed by atoms with E-state index in [9.17, 15) is 4.79 Å². The maximum Gasteiger partial charge on any atom is 0.257 e. The number of carbonyl (C=O) groups is 1. The Kier molecular flexibility index (Phi) is 4.42. The molecule has 4 nitrogen and oxygen atoms in total. The quantitative estimate of drug-likeness (QED) is 0.475. The van der Waals surface area contributed by atoms with Crippen LogP contribution >= 0.6 is 11.6 Å². The van der Waals surface area contributed by atoms with Gasteiger partial charge in [-0.15, -0.1) is 0 Å². The lowest BCUT2D eigenvalue weighted by atomic mass is 10.1. The Bertz CT molecular complexity index is 1110. The van der Waals surface area contributed by atoms with Crippen molar-refractivity contribution < 1.29 is 9.21 Å². The zero-order chi connectivity index (χ0) is 19.0. The summed E-state index contributed by atoms with van der Waals surface area (Å²) in [5.74, 6) is 0.306. The first-order valence-corrected chi connectivity index (χ1v) is 8.93. The first-order valence-electron chi connectivity index (χ1n) is 8.55. The Morgan fingerprint density at radius 2 is 1.70 bits per heavy atom. The summed E-state index contributed by atoms with van der Waals surface area (Å²) >= 11 is 6.07. The van der Waals surface area contributed by atoms with Gasteiger partial charge in [-0.25, -0.2) is 4.98 Å². The van der Waals surface area contributed by atoms with Crippen LogP contribution in [0, 0.1) is 13.8 Å². The Morgan fingerprint density at radius 3 is 2.44 bits per heavy atom. The van der Waals surface area contributed by atoms with Gasteiger partial charge in [0.05, 0.1) is 10.6 Å². The minimum absolute atomic E-state index is 0.249. The molecular weight excluding hydrogens is 360 g/mol. The largest absolute Gasteiger partial charge is 0.436 e. The average molecular weight is 377 g/mol. The van der Waals surface area contributed by atoms with Crippen molar-refractivity contribution in [2.24, 2.45) is 0 Å². The van der Waals surface area contributed by atoms with Crippen LogP contribution in [0.4, 0.5) is 5.69 Å². The first-order chi connectivity index (χ1) is 13.0. The topological polar surface area (TPSA) is 55.1 Å². The lowest BCUT2D eigenvalue weighted by molar-refractivity contribution is 0.102. The Morgan fingerprint density at radius 1 is 1.00 bits per heavy atom. The van der Waals surface area contributed by atoms with Crippen LogP contribution < -0.4 is 5.32 Å². The zero-order valence-corrected chi connectivity index (χ0v) is 15.7. The molecule has 0 aliphatic rings. The second-order valence-electron chi connectivity index (χ2n) is 6.43. The summed E-state index contributed by atoms with van der Waals surface area (Å²) in [4.78, 5) is 16.9. The molecule has 1 heterocycles. The summed E-state index contributed by atoms with van der Waals surface area (Å²) in [6.07, 6.45) is 0. The molecule has 0 saturated carbocycles. The molecule has 134 valence electrons. The number of hydrogen-bond acceptors (Lipinski definition) is 3. The van der Waals surface area contributed by atoms with Gasteiger partial charge in [0.15, 0.2) is 5.58 Å². The summed E-state index contributed by atoms with van der Waals surface area (Å²) < 4.78 is 5.88. The van der Waals surface area contributed by atoms with Crippen LogP contribution in [0.3, 0.4) is 0 Å². The van der Waals surface area contributed by atoms with Crippen molar-refractivity contribution in [3.63, 3.8) is 0 Å². The maximum absolute atomic E-state index is 12.3. The van der Waals surface area contributed by atoms with Gasteiger partial charge in [0, 0.05) is 11.3 Å². The molecule has 0 radical (unpaired) electrons. The molecule has 0 aliphatic heterocycles. The van der Waals surface area contributed by atoms with E-state index in [1.165, 1.54) is 11.1 Å². The number of aromatic nitrogens is 1. The van der Waals surface area contributed by atoms with Crippen LogP contribution in [0.1, 0.15) is 21.5 Å². The van der Waals surface area contributed by atoms with Gasteiger partial charge in [0.25, 0.3) is 5.91 Å². The predicted octanol–water partition coefficient (Wildman–Crippen LogP) is 6.02. The highest BCUT2D eigenvalue weighted by Crippen LogP contribution is 2.27. The molecule has 0 unspecified atom stereocenters. The van der Waals surface area contributed by atoms with Crippen LogP contribution in [0.5, 0.6) is 0 Å². The number of nitrogens with zero attached hydrogens (tertiary/aromatic N) is 1. The Balaban J connectivity index is 1.57. The number of fused-ring (bicyclic) bond motifs is 1. The van der Waals surface area contributed by atoms with Crippen molar-refractivity contribution in [1.82, 2.24) is 4.98 Å². The normalized spacial score (nSPS) is 10.9. The number of amides is 1. The molecule has 0 atom stereocenters. The van der Waals surface area contributed by atoms with Gasteiger partial charge in [0.1, 0.15) is 5.52 Å². The first kappa shape index (κ1) is 17.3. The fourth-order valence-corrected chi connectivity index (χ4v) is 3.06. The van der Waals surface area contributed by atoms with E-state index in [0.29, 0.717) is 22.2 Å². The zero-order valence-electron chi connectivity index (χ0n) is 14.9. The second-order valence-corrected chi connectivity index (χ2v) is 6.84. The van der Waals surface area contributed by atoms with E-state index in [0.717, 1.165) is 16.7 Å². The van der Waals surface area contributed by atoms with Gasteiger partial charge < -0.3 is 9.73 Å².